The van der Waals surface area contributed by atoms with E-state index in [1.807, 2.05) is 0 Å². The molecule has 1 heterocycles. The molecule has 0 bridgehead atoms. The fourth-order valence-electron chi connectivity index (χ4n) is 1.31. The molecule has 2 rings (SSSR count). The second kappa shape index (κ2) is 3.69. The van der Waals surface area contributed by atoms with E-state index in [1.165, 1.54) is 29.3 Å². The van der Waals surface area contributed by atoms with Crippen molar-refractivity contribution in [3.63, 3.8) is 0 Å². The van der Waals surface area contributed by atoms with Gasteiger partial charge in [0.25, 0.3) is 10.1 Å². The SMILES string of the molecule is Cc1ccc(S(=O)(=O)O)cc1-n1nccn1. The smallest absolute Gasteiger partial charge is 0.282 e. The van der Waals surface area contributed by atoms with Crippen LogP contribution < -0.4 is 0 Å². The number of benzene rings is 1. The first-order valence-electron chi connectivity index (χ1n) is 4.43. The average Bonchev–Trinajstić information content (AvgIpc) is 2.69. The van der Waals surface area contributed by atoms with Gasteiger partial charge in [0.15, 0.2) is 0 Å². The quantitative estimate of drug-likeness (QED) is 0.784. The summed E-state index contributed by atoms with van der Waals surface area (Å²) in [6.07, 6.45) is 2.97. The van der Waals surface area contributed by atoms with Crippen LogP contribution in [0.5, 0.6) is 0 Å². The highest BCUT2D eigenvalue weighted by Crippen LogP contribution is 2.17. The van der Waals surface area contributed by atoms with Crippen molar-refractivity contribution >= 4 is 10.1 Å². The number of aryl methyl sites for hydroxylation is 1. The Kier molecular flexibility index (Phi) is 2.49. The van der Waals surface area contributed by atoms with Crippen LogP contribution in [-0.4, -0.2) is 28.0 Å². The Labute approximate surface area is 92.3 Å². The van der Waals surface area contributed by atoms with Crippen LogP contribution in [0.2, 0.25) is 0 Å². The lowest BCUT2D eigenvalue weighted by Crippen LogP contribution is -2.04. The minimum atomic E-state index is -4.20. The van der Waals surface area contributed by atoms with Crippen molar-refractivity contribution in [1.82, 2.24) is 15.0 Å². The van der Waals surface area contributed by atoms with E-state index in [9.17, 15) is 8.42 Å². The van der Waals surface area contributed by atoms with Crippen molar-refractivity contribution in [2.45, 2.75) is 11.8 Å². The highest BCUT2D eigenvalue weighted by atomic mass is 32.2. The van der Waals surface area contributed by atoms with Gasteiger partial charge in [0.2, 0.25) is 0 Å². The summed E-state index contributed by atoms with van der Waals surface area (Å²) < 4.78 is 30.9. The van der Waals surface area contributed by atoms with E-state index in [1.54, 1.807) is 13.0 Å². The monoisotopic (exact) mass is 239 g/mol. The van der Waals surface area contributed by atoms with Crippen LogP contribution in [0.4, 0.5) is 0 Å². The zero-order valence-electron chi connectivity index (χ0n) is 8.40. The molecular weight excluding hydrogens is 230 g/mol. The van der Waals surface area contributed by atoms with E-state index in [0.29, 0.717) is 5.69 Å². The minimum absolute atomic E-state index is 0.176. The van der Waals surface area contributed by atoms with Gasteiger partial charge in [-0.25, -0.2) is 0 Å². The van der Waals surface area contributed by atoms with Crippen molar-refractivity contribution in [3.8, 4) is 5.69 Å². The van der Waals surface area contributed by atoms with Crippen LogP contribution >= 0.6 is 0 Å². The zero-order chi connectivity index (χ0) is 11.8. The fourth-order valence-corrected chi connectivity index (χ4v) is 1.81. The summed E-state index contributed by atoms with van der Waals surface area (Å²) >= 11 is 0. The largest absolute Gasteiger partial charge is 0.294 e. The Balaban J connectivity index is 2.63. The van der Waals surface area contributed by atoms with E-state index in [-0.39, 0.29) is 4.90 Å². The molecule has 1 aromatic heterocycles. The first-order valence-corrected chi connectivity index (χ1v) is 5.87. The topological polar surface area (TPSA) is 85.1 Å². The number of nitrogens with zero attached hydrogens (tertiary/aromatic N) is 3. The van der Waals surface area contributed by atoms with E-state index in [0.717, 1.165) is 5.56 Å². The Hall–Kier alpha value is -1.73. The molecule has 7 heteroatoms. The maximum absolute atomic E-state index is 11.0. The van der Waals surface area contributed by atoms with Gasteiger partial charge in [-0.2, -0.15) is 23.4 Å². The summed E-state index contributed by atoms with van der Waals surface area (Å²) in [7, 11) is -4.20. The van der Waals surface area contributed by atoms with Gasteiger partial charge >= 0.3 is 0 Å². The minimum Gasteiger partial charge on any atom is -0.282 e. The molecule has 0 fully saturated rings. The summed E-state index contributed by atoms with van der Waals surface area (Å²) in [6.45, 7) is 1.80. The van der Waals surface area contributed by atoms with Gasteiger partial charge in [0, 0.05) is 0 Å². The summed E-state index contributed by atoms with van der Waals surface area (Å²) in [5.74, 6) is 0. The standard InChI is InChI=1S/C9H9N3O3S/c1-7-2-3-8(16(13,14)15)6-9(7)12-10-4-5-11-12/h2-6H,1H3,(H,13,14,15). The molecule has 0 spiro atoms. The van der Waals surface area contributed by atoms with Crippen LogP contribution in [0.3, 0.4) is 0 Å². The maximum atomic E-state index is 11.0. The van der Waals surface area contributed by atoms with E-state index >= 15 is 0 Å². The number of rotatable bonds is 2. The molecular formula is C9H9N3O3S. The highest BCUT2D eigenvalue weighted by Gasteiger charge is 2.12. The lowest BCUT2D eigenvalue weighted by molar-refractivity contribution is 0.483. The van der Waals surface area contributed by atoms with Gasteiger partial charge in [-0.15, -0.1) is 0 Å². The lowest BCUT2D eigenvalue weighted by atomic mass is 10.2. The van der Waals surface area contributed by atoms with Gasteiger partial charge in [-0.1, -0.05) is 6.07 Å². The van der Waals surface area contributed by atoms with Crippen molar-refractivity contribution in [1.29, 1.82) is 0 Å². The molecule has 84 valence electrons. The molecule has 0 amide bonds. The first kappa shape index (κ1) is 10.8. The summed E-state index contributed by atoms with van der Waals surface area (Å²) in [5, 5.41) is 7.80. The lowest BCUT2D eigenvalue weighted by Gasteiger charge is -2.05. The third-order valence-corrected chi connectivity index (χ3v) is 2.96. The molecule has 0 aliphatic rings. The molecule has 0 saturated carbocycles. The summed E-state index contributed by atoms with van der Waals surface area (Å²) in [4.78, 5) is 1.12. The van der Waals surface area contributed by atoms with Crippen LogP contribution in [0, 0.1) is 6.92 Å². The molecule has 0 unspecified atom stereocenters. The van der Waals surface area contributed by atoms with Gasteiger partial charge < -0.3 is 0 Å². The second-order valence-electron chi connectivity index (χ2n) is 3.24. The third kappa shape index (κ3) is 1.95. The maximum Gasteiger partial charge on any atom is 0.294 e. The number of hydrogen-bond acceptors (Lipinski definition) is 4. The molecule has 0 atom stereocenters. The fraction of sp³-hybridized carbons (Fsp3) is 0.111. The summed E-state index contributed by atoms with van der Waals surface area (Å²) in [5.41, 5.74) is 1.32. The molecule has 0 aliphatic carbocycles. The second-order valence-corrected chi connectivity index (χ2v) is 4.66. The highest BCUT2D eigenvalue weighted by molar-refractivity contribution is 7.85. The normalized spacial score (nSPS) is 11.6. The predicted octanol–water partition coefficient (Wildman–Crippen LogP) is 0.822. The van der Waals surface area contributed by atoms with Crippen LogP contribution in [-0.2, 0) is 10.1 Å². The van der Waals surface area contributed by atoms with Crippen LogP contribution in [0.15, 0.2) is 35.5 Å². The molecule has 0 aliphatic heterocycles. The van der Waals surface area contributed by atoms with Crippen molar-refractivity contribution in [3.05, 3.63) is 36.2 Å². The van der Waals surface area contributed by atoms with Gasteiger partial charge in [0.1, 0.15) is 0 Å². The Bertz CT molecular complexity index is 605. The molecule has 1 aromatic carbocycles. The average molecular weight is 239 g/mol. The van der Waals surface area contributed by atoms with Gasteiger partial charge in [0.05, 0.1) is 23.0 Å². The van der Waals surface area contributed by atoms with Gasteiger partial charge in [-0.3, -0.25) is 4.55 Å². The van der Waals surface area contributed by atoms with Gasteiger partial charge in [-0.05, 0) is 24.6 Å². The molecule has 1 N–H and O–H groups in total. The predicted molar refractivity (Wildman–Crippen MR) is 55.9 cm³/mol. The van der Waals surface area contributed by atoms with E-state index in [4.69, 9.17) is 4.55 Å². The third-order valence-electron chi connectivity index (χ3n) is 2.11. The van der Waals surface area contributed by atoms with Crippen molar-refractivity contribution < 1.29 is 13.0 Å². The zero-order valence-corrected chi connectivity index (χ0v) is 9.22. The Morgan fingerprint density at radius 1 is 1.25 bits per heavy atom. The first-order chi connectivity index (χ1) is 7.48. The Morgan fingerprint density at radius 2 is 1.88 bits per heavy atom. The van der Waals surface area contributed by atoms with Crippen LogP contribution in [0.25, 0.3) is 5.69 Å². The molecule has 0 radical (unpaired) electrons. The van der Waals surface area contributed by atoms with Crippen molar-refractivity contribution in [2.75, 3.05) is 0 Å². The Morgan fingerprint density at radius 3 is 2.44 bits per heavy atom. The molecule has 6 nitrogen and oxygen atoms in total. The molecule has 16 heavy (non-hydrogen) atoms. The number of aromatic nitrogens is 3. The molecule has 2 aromatic rings. The molecule has 0 saturated heterocycles. The number of hydrogen-bond donors (Lipinski definition) is 1. The van der Waals surface area contributed by atoms with E-state index < -0.39 is 10.1 Å². The van der Waals surface area contributed by atoms with Crippen molar-refractivity contribution in [2.24, 2.45) is 0 Å². The summed E-state index contributed by atoms with van der Waals surface area (Å²) in [6, 6.07) is 4.24. The van der Waals surface area contributed by atoms with Crippen LogP contribution in [0.1, 0.15) is 5.56 Å². The van der Waals surface area contributed by atoms with E-state index in [2.05, 4.69) is 10.2 Å².